The SMILES string of the molecule is COc1ccc(COc2ccc(B(O)Oc3ccc(-c4c[nH]c5ncc(Br)cc45)cn3)cc2OC)cc1. The summed E-state index contributed by atoms with van der Waals surface area (Å²) in [6.45, 7) is 0.360. The van der Waals surface area contributed by atoms with Crippen LogP contribution >= 0.6 is 15.9 Å². The van der Waals surface area contributed by atoms with E-state index in [9.17, 15) is 5.02 Å². The summed E-state index contributed by atoms with van der Waals surface area (Å²) in [5.74, 6) is 2.11. The molecule has 0 bridgehead atoms. The number of rotatable bonds is 9. The van der Waals surface area contributed by atoms with Crippen LogP contribution in [0.2, 0.25) is 0 Å². The molecule has 2 aromatic carbocycles. The maximum atomic E-state index is 10.7. The molecule has 0 amide bonds. The molecule has 3 heterocycles. The van der Waals surface area contributed by atoms with Gasteiger partial charge in [0.25, 0.3) is 0 Å². The van der Waals surface area contributed by atoms with Crippen molar-refractivity contribution < 1.29 is 23.9 Å². The normalized spacial score (nSPS) is 10.8. The Morgan fingerprint density at radius 2 is 1.76 bits per heavy atom. The van der Waals surface area contributed by atoms with Crippen LogP contribution in [0.15, 0.2) is 83.7 Å². The number of hydrogen-bond acceptors (Lipinski definition) is 7. The van der Waals surface area contributed by atoms with E-state index in [1.807, 2.05) is 42.6 Å². The van der Waals surface area contributed by atoms with Crippen molar-refractivity contribution in [3.05, 3.63) is 89.3 Å². The highest BCUT2D eigenvalue weighted by Gasteiger charge is 2.22. The molecule has 5 aromatic rings. The van der Waals surface area contributed by atoms with E-state index in [1.54, 1.807) is 50.9 Å². The minimum Gasteiger partial charge on any atom is -0.518 e. The smallest absolute Gasteiger partial charge is 0.518 e. The third-order valence-corrected chi connectivity index (χ3v) is 6.24. The summed E-state index contributed by atoms with van der Waals surface area (Å²) >= 11 is 3.46. The van der Waals surface area contributed by atoms with Crippen molar-refractivity contribution in [2.24, 2.45) is 0 Å². The van der Waals surface area contributed by atoms with Gasteiger partial charge in [-0.1, -0.05) is 18.2 Å². The van der Waals surface area contributed by atoms with Gasteiger partial charge < -0.3 is 28.9 Å². The Bertz CT molecular complexity index is 1510. The Labute approximate surface area is 222 Å². The Hall–Kier alpha value is -4.02. The highest BCUT2D eigenvalue weighted by molar-refractivity contribution is 9.10. The third-order valence-electron chi connectivity index (χ3n) is 5.80. The lowest BCUT2D eigenvalue weighted by Crippen LogP contribution is -2.36. The summed E-state index contributed by atoms with van der Waals surface area (Å²) in [7, 11) is 1.94. The molecule has 0 spiro atoms. The number of aromatic nitrogens is 3. The molecule has 37 heavy (non-hydrogen) atoms. The first kappa shape index (κ1) is 24.7. The van der Waals surface area contributed by atoms with E-state index in [2.05, 4.69) is 30.9 Å². The molecule has 5 rings (SSSR count). The zero-order chi connectivity index (χ0) is 25.8. The number of halogens is 1. The van der Waals surface area contributed by atoms with Crippen molar-refractivity contribution >= 4 is 39.5 Å². The average molecular weight is 560 g/mol. The topological polar surface area (TPSA) is 98.7 Å². The molecule has 0 aliphatic heterocycles. The second-order valence-corrected chi connectivity index (χ2v) is 9.07. The second-order valence-electron chi connectivity index (χ2n) is 8.15. The summed E-state index contributed by atoms with van der Waals surface area (Å²) in [5.41, 5.74) is 4.15. The van der Waals surface area contributed by atoms with Crippen LogP contribution in [-0.2, 0) is 6.61 Å². The maximum absolute atomic E-state index is 10.7. The number of nitrogens with zero attached hydrogens (tertiary/aromatic N) is 2. The highest BCUT2D eigenvalue weighted by Crippen LogP contribution is 2.30. The number of aromatic amines is 1. The number of H-pyrrole nitrogens is 1. The maximum Gasteiger partial charge on any atom is 0.561 e. The van der Waals surface area contributed by atoms with Crippen LogP contribution in [0.25, 0.3) is 22.2 Å². The number of methoxy groups -OCH3 is 2. The van der Waals surface area contributed by atoms with Crippen molar-refractivity contribution in [1.82, 2.24) is 15.0 Å². The Balaban J connectivity index is 1.26. The molecule has 0 unspecified atom stereocenters. The van der Waals surface area contributed by atoms with Gasteiger partial charge in [0, 0.05) is 45.0 Å². The van der Waals surface area contributed by atoms with Crippen molar-refractivity contribution in [2.75, 3.05) is 14.2 Å². The van der Waals surface area contributed by atoms with Crippen LogP contribution in [0.4, 0.5) is 0 Å². The van der Waals surface area contributed by atoms with Crippen molar-refractivity contribution in [2.45, 2.75) is 6.61 Å². The number of benzene rings is 2. The van der Waals surface area contributed by atoms with E-state index >= 15 is 0 Å². The van der Waals surface area contributed by atoms with Crippen LogP contribution in [0.5, 0.6) is 23.1 Å². The summed E-state index contributed by atoms with van der Waals surface area (Å²) in [5, 5.41) is 11.7. The van der Waals surface area contributed by atoms with Crippen LogP contribution < -0.4 is 24.3 Å². The zero-order valence-corrected chi connectivity index (χ0v) is 21.7. The molecule has 0 saturated heterocycles. The van der Waals surface area contributed by atoms with Crippen LogP contribution in [0.3, 0.4) is 0 Å². The fourth-order valence-electron chi connectivity index (χ4n) is 3.85. The van der Waals surface area contributed by atoms with Gasteiger partial charge in [0.15, 0.2) is 17.4 Å². The standard InChI is InChI=1S/C27H23BBrN3O5/c1-34-21-7-3-17(4-8-21)16-36-24-9-6-19(11-25(24)35-2)28(33)37-26-10-5-18(13-30-26)23-15-32-27-22(23)12-20(29)14-31-27/h3-15,33H,16H2,1-2H3,(H,31,32). The van der Waals surface area contributed by atoms with Gasteiger partial charge in [-0.2, -0.15) is 0 Å². The van der Waals surface area contributed by atoms with Crippen LogP contribution in [0.1, 0.15) is 5.56 Å². The molecular formula is C27H23BBrN3O5. The van der Waals surface area contributed by atoms with Gasteiger partial charge in [-0.25, -0.2) is 9.97 Å². The Morgan fingerprint density at radius 1 is 0.919 bits per heavy atom. The van der Waals surface area contributed by atoms with E-state index < -0.39 is 7.12 Å². The molecule has 186 valence electrons. The van der Waals surface area contributed by atoms with E-state index in [1.165, 1.54) is 0 Å². The van der Waals surface area contributed by atoms with Crippen molar-refractivity contribution in [1.29, 1.82) is 0 Å². The van der Waals surface area contributed by atoms with E-state index in [0.717, 1.165) is 37.9 Å². The molecular weight excluding hydrogens is 537 g/mol. The monoisotopic (exact) mass is 559 g/mol. The van der Waals surface area contributed by atoms with Gasteiger partial charge in [-0.15, -0.1) is 0 Å². The quantitative estimate of drug-likeness (QED) is 0.251. The minimum absolute atomic E-state index is 0.286. The van der Waals surface area contributed by atoms with E-state index in [4.69, 9.17) is 18.9 Å². The second kappa shape index (κ2) is 10.9. The summed E-state index contributed by atoms with van der Waals surface area (Å²) in [4.78, 5) is 11.9. The fourth-order valence-corrected chi connectivity index (χ4v) is 4.18. The molecule has 8 nitrogen and oxygen atoms in total. The molecule has 0 atom stereocenters. The first-order valence-electron chi connectivity index (χ1n) is 11.4. The largest absolute Gasteiger partial charge is 0.561 e. The van der Waals surface area contributed by atoms with Gasteiger partial charge in [0.1, 0.15) is 18.0 Å². The third kappa shape index (κ3) is 5.55. The lowest BCUT2D eigenvalue weighted by molar-refractivity contribution is 0.284. The number of hydrogen-bond donors (Lipinski definition) is 2. The van der Waals surface area contributed by atoms with Gasteiger partial charge in [-0.3, -0.25) is 0 Å². The van der Waals surface area contributed by atoms with Gasteiger partial charge in [0.05, 0.1) is 14.2 Å². The molecule has 0 aliphatic carbocycles. The predicted molar refractivity (Wildman–Crippen MR) is 146 cm³/mol. The summed E-state index contributed by atoms with van der Waals surface area (Å²) in [6.07, 6.45) is 5.33. The predicted octanol–water partition coefficient (Wildman–Crippen LogP) is 4.75. The zero-order valence-electron chi connectivity index (χ0n) is 20.1. The number of fused-ring (bicyclic) bond motifs is 1. The van der Waals surface area contributed by atoms with Crippen molar-refractivity contribution in [3.63, 3.8) is 0 Å². The number of pyridine rings is 2. The van der Waals surface area contributed by atoms with Gasteiger partial charge in [-0.05, 0) is 64.0 Å². The molecule has 2 N–H and O–H groups in total. The average Bonchev–Trinajstić information content (AvgIpc) is 3.35. The number of nitrogens with one attached hydrogen (secondary N) is 1. The molecule has 0 radical (unpaired) electrons. The van der Waals surface area contributed by atoms with Crippen LogP contribution in [-0.4, -0.2) is 41.3 Å². The molecule has 0 fully saturated rings. The molecule has 0 saturated carbocycles. The lowest BCUT2D eigenvalue weighted by Gasteiger charge is -2.14. The van der Waals surface area contributed by atoms with Crippen molar-refractivity contribution in [3.8, 4) is 34.3 Å². The highest BCUT2D eigenvalue weighted by atomic mass is 79.9. The first-order valence-corrected chi connectivity index (χ1v) is 12.2. The minimum atomic E-state index is -1.24. The van der Waals surface area contributed by atoms with E-state index in [-0.39, 0.29) is 5.88 Å². The molecule has 10 heteroatoms. The lowest BCUT2D eigenvalue weighted by atomic mass is 9.79. The summed E-state index contributed by atoms with van der Waals surface area (Å²) in [6, 6.07) is 18.4. The molecule has 0 aliphatic rings. The van der Waals surface area contributed by atoms with Gasteiger partial charge >= 0.3 is 7.12 Å². The van der Waals surface area contributed by atoms with Crippen LogP contribution in [0, 0.1) is 0 Å². The van der Waals surface area contributed by atoms with E-state index in [0.29, 0.717) is 23.6 Å². The Kier molecular flexibility index (Phi) is 7.29. The summed E-state index contributed by atoms with van der Waals surface area (Å²) < 4.78 is 23.1. The fraction of sp³-hybridized carbons (Fsp3) is 0.111. The van der Waals surface area contributed by atoms with Gasteiger partial charge in [0.2, 0.25) is 0 Å². The number of ether oxygens (including phenoxy) is 3. The molecule has 3 aromatic heterocycles. The first-order chi connectivity index (χ1) is 18.0. The Morgan fingerprint density at radius 3 is 2.49 bits per heavy atom.